The standard InChI is InChI=1S/C13H14N2O3/c1-9(2)5-4-8-15-11-10(6-3-7-14-11)12(16)18-13(15)17/h3,5-7H,4,8H2,1-2H3. The minimum absolute atomic E-state index is 0.328. The van der Waals surface area contributed by atoms with Gasteiger partial charge in [-0.15, -0.1) is 0 Å². The third-order valence-corrected chi connectivity index (χ3v) is 2.57. The topological polar surface area (TPSA) is 65.1 Å². The molecule has 18 heavy (non-hydrogen) atoms. The summed E-state index contributed by atoms with van der Waals surface area (Å²) in [6, 6.07) is 3.25. The van der Waals surface area contributed by atoms with E-state index in [-0.39, 0.29) is 0 Å². The first-order valence-electron chi connectivity index (χ1n) is 5.71. The average Bonchev–Trinajstić information content (AvgIpc) is 2.33. The summed E-state index contributed by atoms with van der Waals surface area (Å²) in [7, 11) is 0. The van der Waals surface area contributed by atoms with Gasteiger partial charge in [0, 0.05) is 12.7 Å². The first-order valence-corrected chi connectivity index (χ1v) is 5.71. The number of hydrogen-bond donors (Lipinski definition) is 0. The fraction of sp³-hybridized carbons (Fsp3) is 0.308. The molecule has 94 valence electrons. The Labute approximate surface area is 103 Å². The molecule has 0 spiro atoms. The van der Waals surface area contributed by atoms with Crippen LogP contribution >= 0.6 is 0 Å². The van der Waals surface area contributed by atoms with E-state index in [9.17, 15) is 9.59 Å². The summed E-state index contributed by atoms with van der Waals surface area (Å²) < 4.78 is 6.06. The summed E-state index contributed by atoms with van der Waals surface area (Å²) in [4.78, 5) is 27.3. The minimum Gasteiger partial charge on any atom is -0.372 e. The molecule has 5 nitrogen and oxygen atoms in total. The van der Waals surface area contributed by atoms with Crippen LogP contribution in [0.1, 0.15) is 20.3 Å². The Morgan fingerprint density at radius 3 is 2.94 bits per heavy atom. The van der Waals surface area contributed by atoms with Crippen molar-refractivity contribution in [3.8, 4) is 0 Å². The van der Waals surface area contributed by atoms with Gasteiger partial charge in [0.2, 0.25) is 0 Å². The van der Waals surface area contributed by atoms with Gasteiger partial charge >= 0.3 is 11.4 Å². The van der Waals surface area contributed by atoms with Gasteiger partial charge in [-0.1, -0.05) is 11.6 Å². The van der Waals surface area contributed by atoms with Gasteiger partial charge in [-0.2, -0.15) is 0 Å². The van der Waals surface area contributed by atoms with Gasteiger partial charge in [-0.05, 0) is 32.4 Å². The predicted molar refractivity (Wildman–Crippen MR) is 68.6 cm³/mol. The summed E-state index contributed by atoms with van der Waals surface area (Å²) in [5.74, 6) is -0.659. The van der Waals surface area contributed by atoms with Crippen LogP contribution in [-0.4, -0.2) is 9.55 Å². The van der Waals surface area contributed by atoms with Gasteiger partial charge in [0.15, 0.2) is 5.65 Å². The maximum absolute atomic E-state index is 11.7. The highest BCUT2D eigenvalue weighted by atomic mass is 16.4. The molecule has 2 heterocycles. The molecule has 0 radical (unpaired) electrons. The molecule has 0 aliphatic heterocycles. The fourth-order valence-electron chi connectivity index (χ4n) is 1.73. The Bertz CT molecular complexity index is 706. The van der Waals surface area contributed by atoms with Gasteiger partial charge < -0.3 is 4.42 Å². The highest BCUT2D eigenvalue weighted by Crippen LogP contribution is 2.05. The highest BCUT2D eigenvalue weighted by molar-refractivity contribution is 5.72. The normalized spacial score (nSPS) is 10.6. The number of aryl methyl sites for hydroxylation is 1. The van der Waals surface area contributed by atoms with Crippen molar-refractivity contribution in [2.45, 2.75) is 26.8 Å². The van der Waals surface area contributed by atoms with Crippen molar-refractivity contribution in [1.82, 2.24) is 9.55 Å². The Kier molecular flexibility index (Phi) is 3.41. The lowest BCUT2D eigenvalue weighted by molar-refractivity contribution is 0.415. The number of allylic oxidation sites excluding steroid dienone is 2. The second-order valence-electron chi connectivity index (χ2n) is 4.25. The molecule has 0 unspecified atom stereocenters. The fourth-order valence-corrected chi connectivity index (χ4v) is 1.73. The van der Waals surface area contributed by atoms with Gasteiger partial charge in [0.05, 0.1) is 0 Å². The maximum Gasteiger partial charge on any atom is 0.423 e. The summed E-state index contributed by atoms with van der Waals surface area (Å²) in [6.07, 6.45) is 4.27. The SMILES string of the molecule is CC(C)=CCCn1c(=O)oc(=O)c2cccnc21. The Morgan fingerprint density at radius 2 is 2.22 bits per heavy atom. The van der Waals surface area contributed by atoms with Crippen molar-refractivity contribution in [3.63, 3.8) is 0 Å². The van der Waals surface area contributed by atoms with E-state index in [0.29, 0.717) is 24.0 Å². The van der Waals surface area contributed by atoms with Crippen molar-refractivity contribution in [3.05, 3.63) is 50.9 Å². The maximum atomic E-state index is 11.7. The van der Waals surface area contributed by atoms with Gasteiger partial charge in [0.1, 0.15) is 5.39 Å². The molecule has 5 heteroatoms. The van der Waals surface area contributed by atoms with Crippen molar-refractivity contribution in [1.29, 1.82) is 0 Å². The Hall–Kier alpha value is -2.17. The highest BCUT2D eigenvalue weighted by Gasteiger charge is 2.08. The van der Waals surface area contributed by atoms with E-state index in [1.807, 2.05) is 19.9 Å². The average molecular weight is 246 g/mol. The van der Waals surface area contributed by atoms with E-state index in [4.69, 9.17) is 0 Å². The zero-order valence-electron chi connectivity index (χ0n) is 10.3. The molecule has 0 aromatic carbocycles. The quantitative estimate of drug-likeness (QED) is 0.773. The molecular formula is C13H14N2O3. The lowest BCUT2D eigenvalue weighted by Crippen LogP contribution is -2.25. The van der Waals surface area contributed by atoms with Crippen LogP contribution in [0.5, 0.6) is 0 Å². The molecule has 0 amide bonds. The molecule has 0 fully saturated rings. The number of fused-ring (bicyclic) bond motifs is 1. The molecule has 0 bridgehead atoms. The van der Waals surface area contributed by atoms with Crippen LogP contribution in [-0.2, 0) is 6.54 Å². The number of nitrogens with zero attached hydrogens (tertiary/aromatic N) is 2. The van der Waals surface area contributed by atoms with Gasteiger partial charge in [-0.25, -0.2) is 14.6 Å². The van der Waals surface area contributed by atoms with Crippen LogP contribution in [0, 0.1) is 0 Å². The number of hydrogen-bond acceptors (Lipinski definition) is 4. The molecule has 0 aliphatic carbocycles. The van der Waals surface area contributed by atoms with E-state index >= 15 is 0 Å². The zero-order valence-corrected chi connectivity index (χ0v) is 10.3. The first-order chi connectivity index (χ1) is 8.59. The Morgan fingerprint density at radius 1 is 1.44 bits per heavy atom. The van der Waals surface area contributed by atoms with Crippen LogP contribution < -0.4 is 11.4 Å². The van der Waals surface area contributed by atoms with E-state index < -0.39 is 11.4 Å². The molecule has 0 saturated heterocycles. The van der Waals surface area contributed by atoms with E-state index in [0.717, 1.165) is 0 Å². The van der Waals surface area contributed by atoms with Crippen LogP contribution in [0.25, 0.3) is 11.0 Å². The molecule has 0 aliphatic rings. The second-order valence-corrected chi connectivity index (χ2v) is 4.25. The summed E-state index contributed by atoms with van der Waals surface area (Å²) >= 11 is 0. The van der Waals surface area contributed by atoms with E-state index in [1.54, 1.807) is 18.3 Å². The van der Waals surface area contributed by atoms with E-state index in [1.165, 1.54) is 10.1 Å². The molecule has 0 saturated carbocycles. The number of aromatic nitrogens is 2. The number of pyridine rings is 1. The lowest BCUT2D eigenvalue weighted by Gasteiger charge is -2.05. The van der Waals surface area contributed by atoms with Crippen LogP contribution in [0.2, 0.25) is 0 Å². The van der Waals surface area contributed by atoms with Crippen LogP contribution in [0.4, 0.5) is 0 Å². The molecule has 0 atom stereocenters. The molecule has 2 aromatic heterocycles. The third kappa shape index (κ3) is 2.40. The van der Waals surface area contributed by atoms with Crippen LogP contribution in [0.15, 0.2) is 44.0 Å². The summed E-state index contributed by atoms with van der Waals surface area (Å²) in [5.41, 5.74) is 0.917. The molecular weight excluding hydrogens is 232 g/mol. The summed E-state index contributed by atoms with van der Waals surface area (Å²) in [6.45, 7) is 4.43. The van der Waals surface area contributed by atoms with Crippen LogP contribution in [0.3, 0.4) is 0 Å². The van der Waals surface area contributed by atoms with Gasteiger partial charge in [-0.3, -0.25) is 4.57 Å². The predicted octanol–water partition coefficient (Wildman–Crippen LogP) is 1.71. The lowest BCUT2D eigenvalue weighted by atomic mass is 10.2. The molecule has 2 aromatic rings. The zero-order chi connectivity index (χ0) is 13.1. The summed E-state index contributed by atoms with van der Waals surface area (Å²) in [5, 5.41) is 0.328. The van der Waals surface area contributed by atoms with Crippen molar-refractivity contribution >= 4 is 11.0 Å². The van der Waals surface area contributed by atoms with Gasteiger partial charge in [0.25, 0.3) is 0 Å². The molecule has 2 rings (SSSR count). The first kappa shape index (κ1) is 12.3. The van der Waals surface area contributed by atoms with E-state index in [2.05, 4.69) is 9.40 Å². The van der Waals surface area contributed by atoms with Crippen molar-refractivity contribution in [2.24, 2.45) is 0 Å². The van der Waals surface area contributed by atoms with Crippen molar-refractivity contribution in [2.75, 3.05) is 0 Å². The smallest absolute Gasteiger partial charge is 0.372 e. The largest absolute Gasteiger partial charge is 0.423 e. The second kappa shape index (κ2) is 5.00. The third-order valence-electron chi connectivity index (χ3n) is 2.57. The minimum atomic E-state index is -0.659. The monoisotopic (exact) mass is 246 g/mol. The van der Waals surface area contributed by atoms with Crippen molar-refractivity contribution < 1.29 is 4.42 Å². The number of rotatable bonds is 3. The molecule has 0 N–H and O–H groups in total. The Balaban J connectivity index is 2.53.